The third-order valence-corrected chi connectivity index (χ3v) is 13.8. The van der Waals surface area contributed by atoms with E-state index in [0.29, 0.717) is 0 Å². The maximum Gasteiger partial charge on any atom is 0.0434 e. The number of hydrogen-bond donors (Lipinski definition) is 0. The molecule has 0 atom stereocenters. The van der Waals surface area contributed by atoms with Crippen molar-refractivity contribution < 1.29 is 0 Å². The van der Waals surface area contributed by atoms with Crippen LogP contribution in [0.2, 0.25) is 0 Å². The first-order chi connectivity index (χ1) is 26.8. The molecule has 0 aliphatic heterocycles. The second-order valence-electron chi connectivity index (χ2n) is 14.4. The first-order valence-electron chi connectivity index (χ1n) is 18.5. The lowest BCUT2D eigenvalue weighted by atomic mass is 9.85. The zero-order chi connectivity index (χ0) is 35.3. The van der Waals surface area contributed by atoms with Gasteiger partial charge in [0, 0.05) is 45.7 Å². The highest BCUT2D eigenvalue weighted by atomic mass is 32.1. The van der Waals surface area contributed by atoms with Gasteiger partial charge >= 0.3 is 0 Å². The van der Waals surface area contributed by atoms with Crippen molar-refractivity contribution in [1.82, 2.24) is 0 Å². The molecule has 0 nitrogen and oxygen atoms in total. The molecule has 0 spiro atoms. The Morgan fingerprint density at radius 2 is 0.852 bits per heavy atom. The van der Waals surface area contributed by atoms with Crippen LogP contribution in [0, 0.1) is 0 Å². The van der Waals surface area contributed by atoms with Crippen molar-refractivity contribution in [2.45, 2.75) is 0 Å². The Morgan fingerprint density at radius 1 is 0.259 bits per heavy atom. The molecular weight excluding hydrogens is 689 g/mol. The molecule has 0 aliphatic carbocycles. The van der Waals surface area contributed by atoms with E-state index < -0.39 is 0 Å². The van der Waals surface area contributed by atoms with Crippen LogP contribution in [0.4, 0.5) is 0 Å². The van der Waals surface area contributed by atoms with Gasteiger partial charge in [-0.2, -0.15) is 0 Å². The normalized spacial score (nSPS) is 12.1. The highest BCUT2D eigenvalue weighted by molar-refractivity contribution is 7.27. The van der Waals surface area contributed by atoms with Gasteiger partial charge in [0.05, 0.1) is 0 Å². The second kappa shape index (κ2) is 11.6. The van der Waals surface area contributed by atoms with Gasteiger partial charge < -0.3 is 0 Å². The molecule has 0 amide bonds. The van der Waals surface area contributed by atoms with Crippen molar-refractivity contribution in [3.8, 4) is 33.4 Å². The van der Waals surface area contributed by atoms with Crippen molar-refractivity contribution in [3.63, 3.8) is 0 Å². The lowest BCUT2D eigenvalue weighted by Crippen LogP contribution is -1.91. The topological polar surface area (TPSA) is 0 Å². The summed E-state index contributed by atoms with van der Waals surface area (Å²) in [6.07, 6.45) is 0. The minimum atomic E-state index is 1.23. The van der Waals surface area contributed by atoms with E-state index in [0.717, 1.165) is 0 Å². The van der Waals surface area contributed by atoms with E-state index in [-0.39, 0.29) is 0 Å². The van der Waals surface area contributed by atoms with Crippen molar-refractivity contribution in [2.75, 3.05) is 0 Å². The van der Waals surface area contributed by atoms with E-state index in [1.165, 1.54) is 117 Å². The van der Waals surface area contributed by atoms with Crippen LogP contribution in [-0.4, -0.2) is 0 Å². The van der Waals surface area contributed by atoms with E-state index in [4.69, 9.17) is 0 Å². The summed E-state index contributed by atoms with van der Waals surface area (Å²) in [5.41, 5.74) is 7.56. The highest BCUT2D eigenvalue weighted by Crippen LogP contribution is 2.47. The summed E-state index contributed by atoms with van der Waals surface area (Å²) in [6, 6.07) is 67.9. The largest absolute Gasteiger partial charge is 0.135 e. The van der Waals surface area contributed by atoms with Gasteiger partial charge in [-0.15, -0.1) is 22.7 Å². The van der Waals surface area contributed by atoms with Gasteiger partial charge in [0.1, 0.15) is 0 Å². The third kappa shape index (κ3) is 4.42. The molecule has 0 saturated heterocycles. The number of thiophene rings is 2. The van der Waals surface area contributed by atoms with Crippen LogP contribution in [0.1, 0.15) is 0 Å². The van der Waals surface area contributed by atoms with Gasteiger partial charge in [0.2, 0.25) is 0 Å². The van der Waals surface area contributed by atoms with Crippen LogP contribution in [0.3, 0.4) is 0 Å². The number of fused-ring (bicyclic) bond motifs is 11. The van der Waals surface area contributed by atoms with Crippen molar-refractivity contribution >= 4 is 106 Å². The second-order valence-corrected chi connectivity index (χ2v) is 16.5. The minimum Gasteiger partial charge on any atom is -0.135 e. The molecule has 0 radical (unpaired) electrons. The fourth-order valence-corrected chi connectivity index (χ4v) is 11.3. The standard InChI is InChI=1S/C52H30S2/c1-2-15-36-31(11-1)12-10-21-37(36)32-13-9-14-34(27-32)50-39-17-3-5-19-41(39)51(42-20-6-4-18-40(42)50)35-24-26-48-45(28-35)46-30-44-33(29-49(46)53-48)23-25-43-38-16-7-8-22-47(38)54-52(43)44/h1-30H. The molecule has 2 heteroatoms. The summed E-state index contributed by atoms with van der Waals surface area (Å²) in [4.78, 5) is 0. The fraction of sp³-hybridized carbons (Fsp3) is 0. The summed E-state index contributed by atoms with van der Waals surface area (Å²) in [5.74, 6) is 0. The van der Waals surface area contributed by atoms with Crippen LogP contribution < -0.4 is 0 Å². The Labute approximate surface area is 319 Å². The predicted octanol–water partition coefficient (Wildman–Crippen LogP) is 16.0. The summed E-state index contributed by atoms with van der Waals surface area (Å²) in [5, 5.41) is 15.7. The molecule has 0 N–H and O–H groups in total. The Balaban J connectivity index is 1.09. The zero-order valence-electron chi connectivity index (χ0n) is 29.1. The smallest absolute Gasteiger partial charge is 0.0434 e. The van der Waals surface area contributed by atoms with Gasteiger partial charge in [-0.3, -0.25) is 0 Å². The Kier molecular flexibility index (Phi) is 6.48. The fourth-order valence-electron chi connectivity index (χ4n) is 9.00. The molecule has 0 unspecified atom stereocenters. The van der Waals surface area contributed by atoms with Crippen LogP contribution in [0.5, 0.6) is 0 Å². The molecule has 10 aromatic carbocycles. The maximum absolute atomic E-state index is 2.47. The van der Waals surface area contributed by atoms with E-state index >= 15 is 0 Å². The summed E-state index contributed by atoms with van der Waals surface area (Å²) in [6.45, 7) is 0. The molecule has 0 bridgehead atoms. The quantitative estimate of drug-likeness (QED) is 0.160. The molecule has 0 saturated carbocycles. The highest BCUT2D eigenvalue weighted by Gasteiger charge is 2.19. The zero-order valence-corrected chi connectivity index (χ0v) is 30.8. The predicted molar refractivity (Wildman–Crippen MR) is 239 cm³/mol. The molecule has 2 aromatic heterocycles. The number of benzene rings is 10. The van der Waals surface area contributed by atoms with Crippen molar-refractivity contribution in [2.24, 2.45) is 0 Å². The van der Waals surface area contributed by atoms with E-state index in [1.54, 1.807) is 0 Å². The van der Waals surface area contributed by atoms with E-state index in [9.17, 15) is 0 Å². The van der Waals surface area contributed by atoms with Gasteiger partial charge in [-0.25, -0.2) is 0 Å². The number of hydrogen-bond acceptors (Lipinski definition) is 2. The Bertz CT molecular complexity index is 3440. The van der Waals surface area contributed by atoms with Gasteiger partial charge in [-0.1, -0.05) is 146 Å². The molecular formula is C52H30S2. The van der Waals surface area contributed by atoms with Crippen LogP contribution in [0.15, 0.2) is 182 Å². The van der Waals surface area contributed by atoms with Crippen molar-refractivity contribution in [1.29, 1.82) is 0 Å². The van der Waals surface area contributed by atoms with Gasteiger partial charge in [-0.05, 0) is 107 Å². The SMILES string of the molecule is c1cc(-c2cccc3ccccc23)cc(-c2c3ccccc3c(-c3ccc4sc5cc6ccc7c8ccccc8sc7c6cc5c4c3)c3ccccc23)c1. The maximum atomic E-state index is 2.47. The molecule has 12 rings (SSSR count). The third-order valence-electron chi connectivity index (χ3n) is 11.4. The molecule has 0 fully saturated rings. The lowest BCUT2D eigenvalue weighted by Gasteiger charge is -2.18. The van der Waals surface area contributed by atoms with Crippen LogP contribution in [-0.2, 0) is 0 Å². The molecule has 12 aromatic rings. The lowest BCUT2D eigenvalue weighted by molar-refractivity contribution is 1.63. The Morgan fingerprint density at radius 3 is 1.63 bits per heavy atom. The van der Waals surface area contributed by atoms with E-state index in [1.807, 2.05) is 22.7 Å². The van der Waals surface area contributed by atoms with Gasteiger partial charge in [0.15, 0.2) is 0 Å². The minimum absolute atomic E-state index is 1.23. The van der Waals surface area contributed by atoms with Crippen molar-refractivity contribution in [3.05, 3.63) is 182 Å². The first-order valence-corrected chi connectivity index (χ1v) is 20.1. The average Bonchev–Trinajstić information content (AvgIpc) is 3.79. The summed E-state index contributed by atoms with van der Waals surface area (Å²) in [7, 11) is 0. The average molecular weight is 719 g/mol. The Hall–Kier alpha value is -6.32. The van der Waals surface area contributed by atoms with Crippen LogP contribution >= 0.6 is 22.7 Å². The molecule has 2 heterocycles. The molecule has 0 aliphatic rings. The van der Waals surface area contributed by atoms with Gasteiger partial charge in [0.25, 0.3) is 0 Å². The number of rotatable bonds is 3. The first kappa shape index (κ1) is 30.2. The van der Waals surface area contributed by atoms with Crippen LogP contribution in [0.25, 0.3) is 117 Å². The summed E-state index contributed by atoms with van der Waals surface area (Å²) < 4.78 is 5.39. The summed E-state index contributed by atoms with van der Waals surface area (Å²) >= 11 is 3.81. The van der Waals surface area contributed by atoms with E-state index in [2.05, 4.69) is 182 Å². The monoisotopic (exact) mass is 718 g/mol. The molecule has 250 valence electrons. The molecule has 54 heavy (non-hydrogen) atoms.